The van der Waals surface area contributed by atoms with Crippen molar-refractivity contribution in [2.24, 2.45) is 0 Å². The van der Waals surface area contributed by atoms with Crippen LogP contribution in [0.1, 0.15) is 0 Å². The lowest BCUT2D eigenvalue weighted by Gasteiger charge is -2.08. The Labute approximate surface area is 105 Å². The molecule has 0 saturated heterocycles. The Kier molecular flexibility index (Phi) is 2.57. The fourth-order valence-electron chi connectivity index (χ4n) is 1.87. The Morgan fingerprint density at radius 1 is 0.944 bits per heavy atom. The first kappa shape index (κ1) is 10.6. The van der Waals surface area contributed by atoms with Crippen molar-refractivity contribution in [1.29, 1.82) is 0 Å². The predicted octanol–water partition coefficient (Wildman–Crippen LogP) is 3.61. The predicted molar refractivity (Wildman–Crippen MR) is 72.7 cm³/mol. The number of hydrogen-bond donors (Lipinski definition) is 1. The molecule has 1 heterocycles. The first-order valence-electron chi connectivity index (χ1n) is 5.70. The molecule has 3 aromatic rings. The topological polar surface area (TPSA) is 48.1 Å². The molecule has 0 bridgehead atoms. The number of ether oxygens (including phenoxy) is 1. The van der Waals surface area contributed by atoms with Gasteiger partial charge in [0.2, 0.25) is 0 Å². The van der Waals surface area contributed by atoms with E-state index in [0.717, 1.165) is 22.4 Å². The van der Waals surface area contributed by atoms with Crippen molar-refractivity contribution in [2.45, 2.75) is 0 Å². The van der Waals surface area contributed by atoms with Gasteiger partial charge < -0.3 is 10.5 Å². The summed E-state index contributed by atoms with van der Waals surface area (Å²) in [6, 6.07) is 17.1. The van der Waals surface area contributed by atoms with E-state index in [1.807, 2.05) is 48.5 Å². The Hall–Kier alpha value is -2.55. The normalized spacial score (nSPS) is 10.4. The summed E-state index contributed by atoms with van der Waals surface area (Å²) in [5, 5.41) is 0.988. The average molecular weight is 236 g/mol. The molecule has 3 nitrogen and oxygen atoms in total. The summed E-state index contributed by atoms with van der Waals surface area (Å²) in [5.41, 5.74) is 7.33. The summed E-state index contributed by atoms with van der Waals surface area (Å²) < 4.78 is 5.85. The van der Waals surface area contributed by atoms with E-state index in [9.17, 15) is 0 Å². The summed E-state index contributed by atoms with van der Waals surface area (Å²) >= 11 is 0. The van der Waals surface area contributed by atoms with Gasteiger partial charge in [-0.25, -0.2) is 0 Å². The first-order valence-corrected chi connectivity index (χ1v) is 5.70. The van der Waals surface area contributed by atoms with Gasteiger partial charge >= 0.3 is 0 Å². The molecule has 3 heteroatoms. The molecule has 0 radical (unpaired) electrons. The van der Waals surface area contributed by atoms with Gasteiger partial charge in [-0.05, 0) is 36.4 Å². The van der Waals surface area contributed by atoms with Gasteiger partial charge in [0.05, 0.1) is 5.52 Å². The number of pyridine rings is 1. The molecule has 0 aliphatic rings. The first-order chi connectivity index (χ1) is 8.83. The van der Waals surface area contributed by atoms with Gasteiger partial charge in [0.15, 0.2) is 0 Å². The van der Waals surface area contributed by atoms with Gasteiger partial charge in [-0.1, -0.05) is 12.1 Å². The second kappa shape index (κ2) is 4.37. The van der Waals surface area contributed by atoms with E-state index in [2.05, 4.69) is 4.98 Å². The number of anilines is 1. The Bertz CT molecular complexity index is 689. The highest BCUT2D eigenvalue weighted by Crippen LogP contribution is 2.29. The Balaban J connectivity index is 2.05. The van der Waals surface area contributed by atoms with Crippen molar-refractivity contribution >= 4 is 16.6 Å². The summed E-state index contributed by atoms with van der Waals surface area (Å²) in [7, 11) is 0. The van der Waals surface area contributed by atoms with E-state index >= 15 is 0 Å². The quantitative estimate of drug-likeness (QED) is 0.691. The zero-order chi connectivity index (χ0) is 12.4. The minimum absolute atomic E-state index is 0.686. The molecule has 0 spiro atoms. The van der Waals surface area contributed by atoms with Crippen LogP contribution in [-0.2, 0) is 0 Å². The minimum atomic E-state index is 0.686. The van der Waals surface area contributed by atoms with E-state index in [-0.39, 0.29) is 0 Å². The van der Waals surface area contributed by atoms with Crippen LogP contribution in [0.3, 0.4) is 0 Å². The number of nitrogens with two attached hydrogens (primary N) is 1. The molecule has 0 unspecified atom stereocenters. The zero-order valence-corrected chi connectivity index (χ0v) is 9.71. The van der Waals surface area contributed by atoms with Gasteiger partial charge in [0.1, 0.15) is 11.5 Å². The van der Waals surface area contributed by atoms with Crippen molar-refractivity contribution < 1.29 is 4.74 Å². The van der Waals surface area contributed by atoms with E-state index in [1.165, 1.54) is 0 Å². The van der Waals surface area contributed by atoms with Crippen molar-refractivity contribution in [1.82, 2.24) is 4.98 Å². The molecule has 2 aromatic carbocycles. The highest BCUT2D eigenvalue weighted by Gasteiger charge is 2.03. The number of hydrogen-bond acceptors (Lipinski definition) is 3. The van der Waals surface area contributed by atoms with Crippen LogP contribution in [-0.4, -0.2) is 4.98 Å². The van der Waals surface area contributed by atoms with Crippen LogP contribution in [0.4, 0.5) is 5.69 Å². The molecular weight excluding hydrogens is 224 g/mol. The monoisotopic (exact) mass is 236 g/mol. The fraction of sp³-hybridized carbons (Fsp3) is 0. The second-order valence-electron chi connectivity index (χ2n) is 4.00. The van der Waals surface area contributed by atoms with E-state index < -0.39 is 0 Å². The Morgan fingerprint density at radius 3 is 2.72 bits per heavy atom. The highest BCUT2D eigenvalue weighted by molar-refractivity contribution is 5.85. The lowest BCUT2D eigenvalue weighted by molar-refractivity contribution is 0.488. The highest BCUT2D eigenvalue weighted by atomic mass is 16.5. The van der Waals surface area contributed by atoms with Crippen molar-refractivity contribution in [3.8, 4) is 11.5 Å². The zero-order valence-electron chi connectivity index (χ0n) is 9.71. The molecule has 2 N–H and O–H groups in total. The van der Waals surface area contributed by atoms with Crippen LogP contribution in [0.15, 0.2) is 60.8 Å². The van der Waals surface area contributed by atoms with E-state index in [0.29, 0.717) is 5.69 Å². The van der Waals surface area contributed by atoms with Crippen LogP contribution < -0.4 is 10.5 Å². The van der Waals surface area contributed by atoms with Gasteiger partial charge in [0.25, 0.3) is 0 Å². The van der Waals surface area contributed by atoms with Gasteiger partial charge in [0, 0.05) is 23.3 Å². The fourth-order valence-corrected chi connectivity index (χ4v) is 1.87. The molecule has 0 amide bonds. The third-order valence-corrected chi connectivity index (χ3v) is 2.69. The van der Waals surface area contributed by atoms with Gasteiger partial charge in [-0.2, -0.15) is 0 Å². The van der Waals surface area contributed by atoms with E-state index in [1.54, 1.807) is 12.3 Å². The van der Waals surface area contributed by atoms with Crippen LogP contribution >= 0.6 is 0 Å². The molecule has 0 fully saturated rings. The molecule has 0 atom stereocenters. The molecule has 0 aliphatic carbocycles. The van der Waals surface area contributed by atoms with Crippen LogP contribution in [0.2, 0.25) is 0 Å². The minimum Gasteiger partial charge on any atom is -0.457 e. The maximum absolute atomic E-state index is 5.85. The standard InChI is InChI=1S/C15H12N2O/c16-11-4-1-5-12(10-11)18-15-8-2-7-14-13(15)6-3-9-17-14/h1-10H,16H2. The number of fused-ring (bicyclic) bond motifs is 1. The molecule has 3 rings (SSSR count). The maximum Gasteiger partial charge on any atom is 0.136 e. The lowest BCUT2D eigenvalue weighted by Crippen LogP contribution is -1.89. The van der Waals surface area contributed by atoms with Gasteiger partial charge in [-0.15, -0.1) is 0 Å². The average Bonchev–Trinajstić information content (AvgIpc) is 2.39. The smallest absolute Gasteiger partial charge is 0.136 e. The molecule has 18 heavy (non-hydrogen) atoms. The summed E-state index contributed by atoms with van der Waals surface area (Å²) in [5.74, 6) is 1.51. The maximum atomic E-state index is 5.85. The number of rotatable bonds is 2. The summed E-state index contributed by atoms with van der Waals surface area (Å²) in [6.45, 7) is 0. The molecule has 1 aromatic heterocycles. The lowest BCUT2D eigenvalue weighted by atomic mass is 10.2. The number of benzene rings is 2. The van der Waals surface area contributed by atoms with E-state index in [4.69, 9.17) is 10.5 Å². The molecular formula is C15H12N2O. The van der Waals surface area contributed by atoms with Gasteiger partial charge in [-0.3, -0.25) is 4.98 Å². The Morgan fingerprint density at radius 2 is 1.83 bits per heavy atom. The van der Waals surface area contributed by atoms with Crippen molar-refractivity contribution in [3.05, 3.63) is 60.8 Å². The third-order valence-electron chi connectivity index (χ3n) is 2.69. The van der Waals surface area contributed by atoms with Crippen molar-refractivity contribution in [2.75, 3.05) is 5.73 Å². The SMILES string of the molecule is Nc1cccc(Oc2cccc3ncccc23)c1. The summed E-state index contributed by atoms with van der Waals surface area (Å²) in [6.07, 6.45) is 1.77. The largest absolute Gasteiger partial charge is 0.457 e. The molecule has 88 valence electrons. The number of nitrogens with zero attached hydrogens (tertiary/aromatic N) is 1. The van der Waals surface area contributed by atoms with Crippen LogP contribution in [0, 0.1) is 0 Å². The summed E-state index contributed by atoms with van der Waals surface area (Å²) in [4.78, 5) is 4.30. The number of nitrogen functional groups attached to an aromatic ring is 1. The number of aromatic nitrogens is 1. The second-order valence-corrected chi connectivity index (χ2v) is 4.00. The van der Waals surface area contributed by atoms with Crippen LogP contribution in [0.25, 0.3) is 10.9 Å². The third kappa shape index (κ3) is 1.98. The molecule has 0 aliphatic heterocycles. The van der Waals surface area contributed by atoms with Crippen LogP contribution in [0.5, 0.6) is 11.5 Å². The molecule has 0 saturated carbocycles. The van der Waals surface area contributed by atoms with Crippen molar-refractivity contribution in [3.63, 3.8) is 0 Å².